The Hall–Kier alpha value is -0.360. The van der Waals surface area contributed by atoms with Crippen LogP contribution < -0.4 is 11.5 Å². The number of anilines is 1. The molecule has 1 aromatic heterocycles. The second-order valence-corrected chi connectivity index (χ2v) is 4.66. The van der Waals surface area contributed by atoms with E-state index in [1.807, 2.05) is 6.07 Å². The normalized spacial score (nSPS) is 18.6. The number of nitrogens with two attached hydrogens (primary N) is 2. The summed E-state index contributed by atoms with van der Waals surface area (Å²) in [5.74, 6) is 1.26. The molecular weight excluding hydrogens is 277 g/mol. The van der Waals surface area contributed by atoms with Gasteiger partial charge in [0.05, 0.1) is 3.57 Å². The third-order valence-corrected chi connectivity index (χ3v) is 3.27. The van der Waals surface area contributed by atoms with Gasteiger partial charge in [0.2, 0.25) is 0 Å². The largest absolute Gasteiger partial charge is 0.383 e. The van der Waals surface area contributed by atoms with Crippen molar-refractivity contribution in [2.45, 2.75) is 18.9 Å². The Morgan fingerprint density at radius 1 is 1.54 bits per heavy atom. The van der Waals surface area contributed by atoms with Gasteiger partial charge in [-0.05, 0) is 53.0 Å². The van der Waals surface area contributed by atoms with Crippen LogP contribution in [0.25, 0.3) is 0 Å². The molecule has 1 heterocycles. The van der Waals surface area contributed by atoms with Gasteiger partial charge >= 0.3 is 0 Å². The maximum absolute atomic E-state index is 6.04. The van der Waals surface area contributed by atoms with Crippen molar-refractivity contribution < 1.29 is 0 Å². The smallest absolute Gasteiger partial charge is 0.136 e. The van der Waals surface area contributed by atoms with Gasteiger partial charge in [0.1, 0.15) is 5.82 Å². The summed E-state index contributed by atoms with van der Waals surface area (Å²) in [6, 6.07) is 2.19. The topological polar surface area (TPSA) is 64.9 Å². The van der Waals surface area contributed by atoms with Gasteiger partial charge < -0.3 is 11.5 Å². The van der Waals surface area contributed by atoms with E-state index in [2.05, 4.69) is 27.6 Å². The third kappa shape index (κ3) is 1.94. The first kappa shape index (κ1) is 9.21. The molecule has 3 nitrogen and oxygen atoms in total. The number of nitrogen functional groups attached to an aromatic ring is 1. The molecule has 1 aliphatic rings. The van der Waals surface area contributed by atoms with Gasteiger partial charge in [-0.25, -0.2) is 4.98 Å². The molecule has 0 saturated heterocycles. The second kappa shape index (κ2) is 3.42. The molecule has 1 aliphatic carbocycles. The van der Waals surface area contributed by atoms with Crippen LogP contribution in [-0.4, -0.2) is 4.98 Å². The maximum Gasteiger partial charge on any atom is 0.136 e. The van der Waals surface area contributed by atoms with Crippen LogP contribution in [0.5, 0.6) is 0 Å². The molecule has 1 fully saturated rings. The fourth-order valence-electron chi connectivity index (χ4n) is 1.37. The lowest BCUT2D eigenvalue weighted by atomic mass is 10.1. The van der Waals surface area contributed by atoms with Gasteiger partial charge in [-0.3, -0.25) is 0 Å². The molecule has 0 amide bonds. The average molecular weight is 289 g/mol. The van der Waals surface area contributed by atoms with Crippen molar-refractivity contribution in [3.63, 3.8) is 0 Å². The minimum atomic E-state index is 0.154. The number of nitrogens with zero attached hydrogens (tertiary/aromatic N) is 1. The minimum absolute atomic E-state index is 0.154. The second-order valence-electron chi connectivity index (χ2n) is 3.50. The Labute approximate surface area is 91.0 Å². The summed E-state index contributed by atoms with van der Waals surface area (Å²) in [4.78, 5) is 4.10. The molecule has 13 heavy (non-hydrogen) atoms. The third-order valence-electron chi connectivity index (χ3n) is 2.41. The fourth-order valence-corrected chi connectivity index (χ4v) is 1.87. The van der Waals surface area contributed by atoms with E-state index in [1.54, 1.807) is 6.20 Å². The van der Waals surface area contributed by atoms with Crippen LogP contribution in [0.2, 0.25) is 0 Å². The summed E-state index contributed by atoms with van der Waals surface area (Å²) in [6.07, 6.45) is 4.30. The number of rotatable bonds is 2. The molecule has 2 rings (SSSR count). The number of hydrogen-bond donors (Lipinski definition) is 2. The van der Waals surface area contributed by atoms with Crippen molar-refractivity contribution in [3.8, 4) is 0 Å². The molecule has 70 valence electrons. The van der Waals surface area contributed by atoms with E-state index in [0.717, 1.165) is 9.13 Å². The van der Waals surface area contributed by atoms with Crippen LogP contribution >= 0.6 is 22.6 Å². The van der Waals surface area contributed by atoms with Crippen molar-refractivity contribution in [2.24, 2.45) is 11.7 Å². The van der Waals surface area contributed by atoms with Crippen LogP contribution in [0.1, 0.15) is 24.4 Å². The maximum atomic E-state index is 6.04. The first-order chi connectivity index (χ1) is 6.18. The van der Waals surface area contributed by atoms with Crippen molar-refractivity contribution in [2.75, 3.05) is 5.73 Å². The average Bonchev–Trinajstić information content (AvgIpc) is 2.91. The highest BCUT2D eigenvalue weighted by Gasteiger charge is 2.29. The highest BCUT2D eigenvalue weighted by molar-refractivity contribution is 14.1. The van der Waals surface area contributed by atoms with Gasteiger partial charge in [-0.1, -0.05) is 0 Å². The van der Waals surface area contributed by atoms with Gasteiger partial charge in [0.25, 0.3) is 0 Å². The Kier molecular flexibility index (Phi) is 2.42. The summed E-state index contributed by atoms with van der Waals surface area (Å²) in [5.41, 5.74) is 12.8. The fraction of sp³-hybridized carbons (Fsp3) is 0.444. The number of halogens is 1. The molecule has 4 heteroatoms. The Bertz CT molecular complexity index is 323. The standard InChI is InChI=1S/C9H12IN3/c10-7-3-6(4-13-9(7)12)8(11)5-1-2-5/h3-5,8H,1-2,11H2,(H2,12,13). The SMILES string of the molecule is Nc1ncc(C(N)C2CC2)cc1I. The van der Waals surface area contributed by atoms with Crippen LogP contribution in [0.3, 0.4) is 0 Å². The molecular formula is C9H12IN3. The zero-order valence-electron chi connectivity index (χ0n) is 7.20. The Morgan fingerprint density at radius 3 is 2.77 bits per heavy atom. The number of aromatic nitrogens is 1. The predicted molar refractivity (Wildman–Crippen MR) is 61.0 cm³/mol. The van der Waals surface area contributed by atoms with Crippen molar-refractivity contribution in [1.29, 1.82) is 0 Å². The van der Waals surface area contributed by atoms with Crippen molar-refractivity contribution >= 4 is 28.4 Å². The molecule has 0 radical (unpaired) electrons. The first-order valence-corrected chi connectivity index (χ1v) is 5.43. The van der Waals surface area contributed by atoms with E-state index in [-0.39, 0.29) is 6.04 Å². The highest BCUT2D eigenvalue weighted by Crippen LogP contribution is 2.39. The summed E-state index contributed by atoms with van der Waals surface area (Å²) in [7, 11) is 0. The van der Waals surface area contributed by atoms with E-state index in [1.165, 1.54) is 12.8 Å². The van der Waals surface area contributed by atoms with E-state index in [4.69, 9.17) is 11.5 Å². The summed E-state index contributed by atoms with van der Waals surface area (Å²) >= 11 is 2.18. The Balaban J connectivity index is 2.24. The molecule has 1 unspecified atom stereocenters. The Morgan fingerprint density at radius 2 is 2.23 bits per heavy atom. The predicted octanol–water partition coefficient (Wildman–Crippen LogP) is 1.68. The van der Waals surface area contributed by atoms with Crippen LogP contribution in [-0.2, 0) is 0 Å². The lowest BCUT2D eigenvalue weighted by Gasteiger charge is -2.10. The quantitative estimate of drug-likeness (QED) is 0.814. The summed E-state index contributed by atoms with van der Waals surface area (Å²) in [5, 5.41) is 0. The van der Waals surface area contributed by atoms with E-state index >= 15 is 0 Å². The molecule has 0 aromatic carbocycles. The molecule has 1 atom stereocenters. The lowest BCUT2D eigenvalue weighted by molar-refractivity contribution is 0.631. The summed E-state index contributed by atoms with van der Waals surface area (Å²) < 4.78 is 0.992. The lowest BCUT2D eigenvalue weighted by Crippen LogP contribution is -2.13. The molecule has 0 aliphatic heterocycles. The molecule has 0 bridgehead atoms. The molecule has 1 saturated carbocycles. The molecule has 0 spiro atoms. The monoisotopic (exact) mass is 289 g/mol. The number of hydrogen-bond acceptors (Lipinski definition) is 3. The van der Waals surface area contributed by atoms with E-state index < -0.39 is 0 Å². The van der Waals surface area contributed by atoms with Gasteiger partial charge in [0, 0.05) is 12.2 Å². The highest BCUT2D eigenvalue weighted by atomic mass is 127. The molecule has 1 aromatic rings. The van der Waals surface area contributed by atoms with Gasteiger partial charge in [0.15, 0.2) is 0 Å². The van der Waals surface area contributed by atoms with Crippen LogP contribution in [0.4, 0.5) is 5.82 Å². The zero-order valence-corrected chi connectivity index (χ0v) is 9.36. The van der Waals surface area contributed by atoms with E-state index in [0.29, 0.717) is 11.7 Å². The summed E-state index contributed by atoms with van der Waals surface area (Å²) in [6.45, 7) is 0. The molecule has 4 N–H and O–H groups in total. The minimum Gasteiger partial charge on any atom is -0.383 e. The van der Waals surface area contributed by atoms with Crippen molar-refractivity contribution in [1.82, 2.24) is 4.98 Å². The van der Waals surface area contributed by atoms with Crippen LogP contribution in [0, 0.1) is 9.49 Å². The number of pyridine rings is 1. The van der Waals surface area contributed by atoms with Crippen LogP contribution in [0.15, 0.2) is 12.3 Å². The van der Waals surface area contributed by atoms with E-state index in [9.17, 15) is 0 Å². The van der Waals surface area contributed by atoms with Crippen molar-refractivity contribution in [3.05, 3.63) is 21.4 Å². The van der Waals surface area contributed by atoms with Gasteiger partial charge in [-0.15, -0.1) is 0 Å². The first-order valence-electron chi connectivity index (χ1n) is 4.35. The zero-order chi connectivity index (χ0) is 9.42. The van der Waals surface area contributed by atoms with Gasteiger partial charge in [-0.2, -0.15) is 0 Å².